The van der Waals surface area contributed by atoms with Crippen LogP contribution >= 0.6 is 0 Å². The van der Waals surface area contributed by atoms with E-state index in [1.54, 1.807) is 0 Å². The third-order valence-corrected chi connectivity index (χ3v) is 3.92. The van der Waals surface area contributed by atoms with Crippen LogP contribution in [0.15, 0.2) is 24.3 Å². The zero-order chi connectivity index (χ0) is 15.4. The first kappa shape index (κ1) is 15.5. The smallest absolute Gasteiger partial charge is 0.305 e. The molecule has 21 heavy (non-hydrogen) atoms. The topological polar surface area (TPSA) is 78.4 Å². The number of aliphatic carboxylic acids is 1. The van der Waals surface area contributed by atoms with Crippen molar-refractivity contribution in [2.75, 3.05) is 0 Å². The Labute approximate surface area is 124 Å². The lowest BCUT2D eigenvalue weighted by molar-refractivity contribution is -0.138. The first-order chi connectivity index (χ1) is 9.97. The molecule has 1 aliphatic heterocycles. The Balaban J connectivity index is 1.99. The van der Waals surface area contributed by atoms with Gasteiger partial charge in [0.1, 0.15) is 0 Å². The van der Waals surface area contributed by atoms with Crippen molar-refractivity contribution in [1.82, 2.24) is 10.6 Å². The fraction of sp³-hybridized carbons (Fsp3) is 0.500. The first-order valence-electron chi connectivity index (χ1n) is 7.29. The molecule has 2 atom stereocenters. The maximum Gasteiger partial charge on any atom is 0.305 e. The molecule has 114 valence electrons. The van der Waals surface area contributed by atoms with Gasteiger partial charge in [-0.15, -0.1) is 0 Å². The zero-order valence-corrected chi connectivity index (χ0v) is 12.4. The van der Waals surface area contributed by atoms with E-state index in [4.69, 9.17) is 5.11 Å². The van der Waals surface area contributed by atoms with Crippen LogP contribution in [0.1, 0.15) is 31.4 Å². The predicted octanol–water partition coefficient (Wildman–Crippen LogP) is 1.32. The number of carboxylic acid groups (broad SMARTS) is 1. The van der Waals surface area contributed by atoms with Crippen LogP contribution in [-0.2, 0) is 22.6 Å². The predicted molar refractivity (Wildman–Crippen MR) is 79.8 cm³/mol. The van der Waals surface area contributed by atoms with E-state index in [1.165, 1.54) is 11.1 Å². The van der Waals surface area contributed by atoms with E-state index >= 15 is 0 Å². The van der Waals surface area contributed by atoms with Crippen molar-refractivity contribution in [3.63, 3.8) is 0 Å². The fourth-order valence-corrected chi connectivity index (χ4v) is 2.56. The van der Waals surface area contributed by atoms with Gasteiger partial charge < -0.3 is 15.7 Å². The van der Waals surface area contributed by atoms with Gasteiger partial charge in [0.05, 0.1) is 12.5 Å². The van der Waals surface area contributed by atoms with E-state index in [9.17, 15) is 9.59 Å². The Bertz CT molecular complexity index is 528. The van der Waals surface area contributed by atoms with Gasteiger partial charge in [0.25, 0.3) is 0 Å². The number of rotatable bonds is 5. The summed E-state index contributed by atoms with van der Waals surface area (Å²) in [4.78, 5) is 23.2. The minimum atomic E-state index is -0.893. The number of carboxylic acids is 1. The maximum atomic E-state index is 12.3. The van der Waals surface area contributed by atoms with Gasteiger partial charge in [-0.3, -0.25) is 9.59 Å². The molecule has 1 aliphatic rings. The lowest BCUT2D eigenvalue weighted by atomic mass is 9.94. The molecule has 0 spiro atoms. The van der Waals surface area contributed by atoms with Crippen molar-refractivity contribution in [3.05, 3.63) is 35.4 Å². The molecule has 0 radical (unpaired) electrons. The minimum Gasteiger partial charge on any atom is -0.481 e. The number of hydrogen-bond donors (Lipinski definition) is 3. The van der Waals surface area contributed by atoms with Gasteiger partial charge in [-0.1, -0.05) is 38.1 Å². The summed E-state index contributed by atoms with van der Waals surface area (Å²) in [6.45, 7) is 4.49. The quantitative estimate of drug-likeness (QED) is 0.764. The van der Waals surface area contributed by atoms with Gasteiger partial charge in [0.15, 0.2) is 0 Å². The summed E-state index contributed by atoms with van der Waals surface area (Å²) >= 11 is 0. The fourth-order valence-electron chi connectivity index (χ4n) is 2.56. The van der Waals surface area contributed by atoms with E-state index in [0.717, 1.165) is 0 Å². The third-order valence-electron chi connectivity index (χ3n) is 3.92. The number of carbonyl (C=O) groups is 2. The highest BCUT2D eigenvalue weighted by Gasteiger charge is 2.27. The van der Waals surface area contributed by atoms with Crippen molar-refractivity contribution in [2.24, 2.45) is 5.92 Å². The summed E-state index contributed by atoms with van der Waals surface area (Å²) in [5, 5.41) is 15.0. The number of benzene rings is 1. The Hall–Kier alpha value is -1.88. The van der Waals surface area contributed by atoms with Crippen molar-refractivity contribution < 1.29 is 14.7 Å². The molecule has 3 N–H and O–H groups in total. The standard InChI is InChI=1S/C16H22N2O3/c1-10(2)13(8-15(19)20)18-16(21)14-7-11-5-3-4-6-12(11)9-17-14/h3-6,10,13-14,17H,7-9H2,1-2H3,(H,18,21)(H,19,20)/t13?,14-/m0/s1. The molecule has 2 rings (SSSR count). The maximum absolute atomic E-state index is 12.3. The lowest BCUT2D eigenvalue weighted by Crippen LogP contribution is -2.52. The molecule has 0 bridgehead atoms. The highest BCUT2D eigenvalue weighted by molar-refractivity contribution is 5.83. The van der Waals surface area contributed by atoms with Gasteiger partial charge in [-0.25, -0.2) is 0 Å². The van der Waals surface area contributed by atoms with Crippen LogP contribution in [0.3, 0.4) is 0 Å². The van der Waals surface area contributed by atoms with Crippen molar-refractivity contribution in [2.45, 2.75) is 45.3 Å². The largest absolute Gasteiger partial charge is 0.481 e. The number of amides is 1. The van der Waals surface area contributed by atoms with E-state index in [2.05, 4.69) is 16.7 Å². The van der Waals surface area contributed by atoms with Gasteiger partial charge in [0.2, 0.25) is 5.91 Å². The molecule has 1 amide bonds. The molecular weight excluding hydrogens is 268 g/mol. The molecule has 1 aromatic carbocycles. The summed E-state index contributed by atoms with van der Waals surface area (Å²) in [7, 11) is 0. The second-order valence-electron chi connectivity index (χ2n) is 5.86. The van der Waals surface area contributed by atoms with Crippen molar-refractivity contribution in [1.29, 1.82) is 0 Å². The summed E-state index contributed by atoms with van der Waals surface area (Å²) in [5.41, 5.74) is 2.39. The van der Waals surface area contributed by atoms with Gasteiger partial charge in [-0.05, 0) is 23.5 Å². The van der Waals surface area contributed by atoms with E-state index in [-0.39, 0.29) is 30.3 Å². The molecule has 0 saturated heterocycles. The molecule has 1 aromatic rings. The average Bonchev–Trinajstić information content (AvgIpc) is 2.45. The monoisotopic (exact) mass is 290 g/mol. The van der Waals surface area contributed by atoms with Crippen molar-refractivity contribution >= 4 is 11.9 Å². The third kappa shape index (κ3) is 4.04. The van der Waals surface area contributed by atoms with Crippen LogP contribution in [0.4, 0.5) is 0 Å². The van der Waals surface area contributed by atoms with Crippen LogP contribution < -0.4 is 10.6 Å². The first-order valence-corrected chi connectivity index (χ1v) is 7.29. The Kier molecular flexibility index (Phi) is 4.96. The van der Waals surface area contributed by atoms with Gasteiger partial charge >= 0.3 is 5.97 Å². The minimum absolute atomic E-state index is 0.0489. The Morgan fingerprint density at radius 1 is 1.33 bits per heavy atom. The second kappa shape index (κ2) is 6.72. The highest BCUT2D eigenvalue weighted by Crippen LogP contribution is 2.17. The molecule has 1 heterocycles. The normalized spacial score (nSPS) is 18.9. The Morgan fingerprint density at radius 3 is 2.62 bits per heavy atom. The molecule has 0 aliphatic carbocycles. The number of fused-ring (bicyclic) bond motifs is 1. The second-order valence-corrected chi connectivity index (χ2v) is 5.86. The van der Waals surface area contributed by atoms with Crippen LogP contribution in [0.2, 0.25) is 0 Å². The lowest BCUT2D eigenvalue weighted by Gasteiger charge is -2.28. The SMILES string of the molecule is CC(C)C(CC(=O)O)NC(=O)[C@@H]1Cc2ccccc2CN1. The zero-order valence-electron chi connectivity index (χ0n) is 12.4. The van der Waals surface area contributed by atoms with E-state index in [1.807, 2.05) is 32.0 Å². The molecule has 0 aromatic heterocycles. The molecule has 1 unspecified atom stereocenters. The highest BCUT2D eigenvalue weighted by atomic mass is 16.4. The number of hydrogen-bond acceptors (Lipinski definition) is 3. The summed E-state index contributed by atoms with van der Waals surface area (Å²) in [6, 6.07) is 7.41. The molecule has 0 fully saturated rings. The summed E-state index contributed by atoms with van der Waals surface area (Å²) < 4.78 is 0. The molecule has 5 heteroatoms. The van der Waals surface area contributed by atoms with Crippen LogP contribution in [0.25, 0.3) is 0 Å². The Morgan fingerprint density at radius 2 is 2.00 bits per heavy atom. The number of nitrogens with one attached hydrogen (secondary N) is 2. The summed E-state index contributed by atoms with van der Waals surface area (Å²) in [5.74, 6) is -0.929. The van der Waals surface area contributed by atoms with Crippen molar-refractivity contribution in [3.8, 4) is 0 Å². The van der Waals surface area contributed by atoms with Gasteiger partial charge in [0, 0.05) is 12.6 Å². The summed E-state index contributed by atoms with van der Waals surface area (Å²) in [6.07, 6.45) is 0.590. The van der Waals surface area contributed by atoms with Crippen LogP contribution in [0.5, 0.6) is 0 Å². The molecular formula is C16H22N2O3. The number of carbonyl (C=O) groups excluding carboxylic acids is 1. The molecule has 5 nitrogen and oxygen atoms in total. The molecule has 0 saturated carbocycles. The van der Waals surface area contributed by atoms with E-state index in [0.29, 0.717) is 13.0 Å². The van der Waals surface area contributed by atoms with E-state index < -0.39 is 5.97 Å². The van der Waals surface area contributed by atoms with Gasteiger partial charge in [-0.2, -0.15) is 0 Å². The average molecular weight is 290 g/mol. The van der Waals surface area contributed by atoms with Crippen LogP contribution in [-0.4, -0.2) is 29.1 Å². The van der Waals surface area contributed by atoms with Crippen LogP contribution in [0, 0.1) is 5.92 Å².